The number of aliphatic hydroxyl groups excluding tert-OH is 1. The fraction of sp³-hybridized carbons (Fsp3) is 0.400. The van der Waals surface area contributed by atoms with Crippen LogP contribution in [0.3, 0.4) is 0 Å². The Morgan fingerprint density at radius 1 is 1.19 bits per heavy atom. The second kappa shape index (κ2) is 9.62. The van der Waals surface area contributed by atoms with Crippen molar-refractivity contribution in [1.29, 1.82) is 0 Å². The Morgan fingerprint density at radius 2 is 1.97 bits per heavy atom. The van der Waals surface area contributed by atoms with Gasteiger partial charge in [-0.3, -0.25) is 4.90 Å². The third-order valence-corrected chi connectivity index (χ3v) is 5.64. The maximum atomic E-state index is 13.8. The lowest BCUT2D eigenvalue weighted by Crippen LogP contribution is -2.34. The van der Waals surface area contributed by atoms with Gasteiger partial charge in [0.05, 0.1) is 23.0 Å². The van der Waals surface area contributed by atoms with Crippen molar-refractivity contribution >= 4 is 0 Å². The maximum absolute atomic E-state index is 13.8. The van der Waals surface area contributed by atoms with Crippen LogP contribution in [0.5, 0.6) is 11.6 Å². The van der Waals surface area contributed by atoms with Crippen molar-refractivity contribution in [1.82, 2.24) is 14.7 Å². The van der Waals surface area contributed by atoms with Crippen molar-refractivity contribution in [3.8, 4) is 17.3 Å². The Bertz CT molecular complexity index is 1000. The van der Waals surface area contributed by atoms with Crippen LogP contribution in [0.25, 0.3) is 5.69 Å². The lowest BCUT2D eigenvalue weighted by atomic mass is 10.1. The number of ether oxygens (including phenoxy) is 1. The van der Waals surface area contributed by atoms with E-state index >= 15 is 0 Å². The maximum Gasteiger partial charge on any atom is 0.227 e. The zero-order chi connectivity index (χ0) is 21.8. The van der Waals surface area contributed by atoms with Gasteiger partial charge in [0.1, 0.15) is 11.6 Å². The number of benzene rings is 2. The lowest BCUT2D eigenvalue weighted by molar-refractivity contribution is 0.0961. The number of aromatic nitrogens is 2. The molecular weight excluding hydrogens is 393 g/mol. The van der Waals surface area contributed by atoms with E-state index in [1.807, 2.05) is 37.3 Å². The van der Waals surface area contributed by atoms with E-state index in [1.54, 1.807) is 16.8 Å². The first-order valence-corrected chi connectivity index (χ1v) is 11.0. The Hall–Kier alpha value is -2.70. The predicted octanol–water partition coefficient (Wildman–Crippen LogP) is 5.24. The Labute approximate surface area is 183 Å². The first kappa shape index (κ1) is 21.5. The molecule has 6 heteroatoms. The SMILES string of the molecule is CCC[C@H](O)CN(Cc1c(C)nn(-c2ccccc2)c1Oc1cccc(F)c1)C1CC1. The molecule has 1 heterocycles. The standard InChI is InChI=1S/C25H30FN3O2/c1-3-8-22(30)16-28(20-13-14-20)17-24-18(2)27-29(21-10-5-4-6-11-21)25(24)31-23-12-7-9-19(26)15-23/h4-7,9-12,15,20,22,30H,3,8,13-14,16-17H2,1-2H3/t22-/m0/s1. The van der Waals surface area contributed by atoms with Crippen LogP contribution < -0.4 is 4.74 Å². The molecule has 164 valence electrons. The molecule has 1 saturated carbocycles. The summed E-state index contributed by atoms with van der Waals surface area (Å²) >= 11 is 0. The highest BCUT2D eigenvalue weighted by Gasteiger charge is 2.32. The van der Waals surface area contributed by atoms with Gasteiger partial charge in [0.25, 0.3) is 0 Å². The molecule has 3 aromatic rings. The molecule has 0 aliphatic heterocycles. The first-order chi connectivity index (χ1) is 15.0. The fourth-order valence-corrected chi connectivity index (χ4v) is 3.89. The van der Waals surface area contributed by atoms with Gasteiger partial charge >= 0.3 is 0 Å². The summed E-state index contributed by atoms with van der Waals surface area (Å²) in [4.78, 5) is 2.33. The van der Waals surface area contributed by atoms with Crippen LogP contribution in [-0.2, 0) is 6.54 Å². The smallest absolute Gasteiger partial charge is 0.227 e. The number of hydrogen-bond acceptors (Lipinski definition) is 4. The molecule has 0 unspecified atom stereocenters. The summed E-state index contributed by atoms with van der Waals surface area (Å²) in [6.07, 6.45) is 3.69. The zero-order valence-corrected chi connectivity index (χ0v) is 18.2. The topological polar surface area (TPSA) is 50.5 Å². The molecule has 1 fully saturated rings. The predicted molar refractivity (Wildman–Crippen MR) is 119 cm³/mol. The zero-order valence-electron chi connectivity index (χ0n) is 18.2. The van der Waals surface area contributed by atoms with E-state index < -0.39 is 0 Å². The van der Waals surface area contributed by atoms with E-state index in [9.17, 15) is 9.50 Å². The highest BCUT2D eigenvalue weighted by molar-refractivity contribution is 5.43. The largest absolute Gasteiger partial charge is 0.438 e. The average Bonchev–Trinajstić information content (AvgIpc) is 3.55. The molecule has 1 N–H and O–H groups in total. The van der Waals surface area contributed by atoms with Crippen molar-refractivity contribution < 1.29 is 14.2 Å². The van der Waals surface area contributed by atoms with Crippen LogP contribution in [0.4, 0.5) is 4.39 Å². The number of halogens is 1. The van der Waals surface area contributed by atoms with E-state index in [4.69, 9.17) is 9.84 Å². The minimum absolute atomic E-state index is 0.344. The van der Waals surface area contributed by atoms with Crippen molar-refractivity contribution in [2.24, 2.45) is 0 Å². The summed E-state index contributed by atoms with van der Waals surface area (Å²) in [6.45, 7) is 5.33. The van der Waals surface area contributed by atoms with Gasteiger partial charge < -0.3 is 9.84 Å². The summed E-state index contributed by atoms with van der Waals surface area (Å²) in [7, 11) is 0. The van der Waals surface area contributed by atoms with Crippen LogP contribution in [0.1, 0.15) is 43.9 Å². The first-order valence-electron chi connectivity index (χ1n) is 11.0. The van der Waals surface area contributed by atoms with E-state index in [-0.39, 0.29) is 11.9 Å². The third-order valence-electron chi connectivity index (χ3n) is 5.64. The highest BCUT2D eigenvalue weighted by atomic mass is 19.1. The van der Waals surface area contributed by atoms with Crippen molar-refractivity contribution in [2.75, 3.05) is 6.54 Å². The second-order valence-electron chi connectivity index (χ2n) is 8.28. The summed E-state index contributed by atoms with van der Waals surface area (Å²) in [5.74, 6) is 0.677. The number of hydrogen-bond donors (Lipinski definition) is 1. The minimum atomic E-state index is -0.345. The summed E-state index contributed by atoms with van der Waals surface area (Å²) in [5.41, 5.74) is 2.71. The highest BCUT2D eigenvalue weighted by Crippen LogP contribution is 2.35. The van der Waals surface area contributed by atoms with Crippen molar-refractivity contribution in [3.05, 3.63) is 71.7 Å². The Morgan fingerprint density at radius 3 is 2.65 bits per heavy atom. The van der Waals surface area contributed by atoms with Gasteiger partial charge in [0.15, 0.2) is 0 Å². The molecule has 0 bridgehead atoms. The van der Waals surface area contributed by atoms with Gasteiger partial charge in [-0.25, -0.2) is 9.07 Å². The van der Waals surface area contributed by atoms with Gasteiger partial charge in [-0.05, 0) is 50.5 Å². The number of nitrogens with zero attached hydrogens (tertiary/aromatic N) is 3. The van der Waals surface area contributed by atoms with Crippen LogP contribution in [-0.4, -0.2) is 38.5 Å². The Kier molecular flexibility index (Phi) is 6.68. The minimum Gasteiger partial charge on any atom is -0.438 e. The summed E-state index contributed by atoms with van der Waals surface area (Å²) < 4.78 is 21.8. The molecular formula is C25H30FN3O2. The number of rotatable bonds is 10. The average molecular weight is 424 g/mol. The molecule has 0 amide bonds. The van der Waals surface area contributed by atoms with E-state index in [0.717, 1.165) is 42.6 Å². The lowest BCUT2D eigenvalue weighted by Gasteiger charge is -2.25. The molecule has 4 rings (SSSR count). The van der Waals surface area contributed by atoms with Gasteiger partial charge in [-0.2, -0.15) is 5.10 Å². The van der Waals surface area contributed by atoms with Crippen LogP contribution in [0.15, 0.2) is 54.6 Å². The molecule has 1 atom stereocenters. The van der Waals surface area contributed by atoms with E-state index in [0.29, 0.717) is 30.8 Å². The van der Waals surface area contributed by atoms with Gasteiger partial charge in [-0.15, -0.1) is 0 Å². The molecule has 2 aromatic carbocycles. The van der Waals surface area contributed by atoms with Crippen LogP contribution >= 0.6 is 0 Å². The quantitative estimate of drug-likeness (QED) is 0.485. The molecule has 1 aliphatic carbocycles. The van der Waals surface area contributed by atoms with Crippen LogP contribution in [0.2, 0.25) is 0 Å². The molecule has 0 saturated heterocycles. The molecule has 31 heavy (non-hydrogen) atoms. The number of aryl methyl sites for hydroxylation is 1. The van der Waals surface area contributed by atoms with Crippen molar-refractivity contribution in [3.63, 3.8) is 0 Å². The van der Waals surface area contributed by atoms with Gasteiger partial charge in [0, 0.05) is 25.2 Å². The monoisotopic (exact) mass is 423 g/mol. The number of para-hydroxylation sites is 1. The van der Waals surface area contributed by atoms with Gasteiger partial charge in [0.2, 0.25) is 5.88 Å². The van der Waals surface area contributed by atoms with E-state index in [1.165, 1.54) is 12.1 Å². The third kappa shape index (κ3) is 5.32. The number of aliphatic hydroxyl groups is 1. The van der Waals surface area contributed by atoms with Crippen LogP contribution in [0, 0.1) is 12.7 Å². The normalized spacial score (nSPS) is 14.7. The second-order valence-corrected chi connectivity index (χ2v) is 8.28. The van der Waals surface area contributed by atoms with Crippen molar-refractivity contribution in [2.45, 2.75) is 58.2 Å². The fourth-order valence-electron chi connectivity index (χ4n) is 3.89. The molecule has 0 radical (unpaired) electrons. The van der Waals surface area contributed by atoms with E-state index in [2.05, 4.69) is 11.8 Å². The molecule has 0 spiro atoms. The summed E-state index contributed by atoms with van der Waals surface area (Å²) in [5, 5.41) is 15.2. The Balaban J connectivity index is 1.69. The molecule has 5 nitrogen and oxygen atoms in total. The van der Waals surface area contributed by atoms with Gasteiger partial charge in [-0.1, -0.05) is 37.6 Å². The molecule has 1 aromatic heterocycles. The molecule has 1 aliphatic rings. The summed E-state index contributed by atoms with van der Waals surface area (Å²) in [6, 6.07) is 16.4.